The molecular formula is C7H3FLiN3O2. The summed E-state index contributed by atoms with van der Waals surface area (Å²) in [5.41, 5.74) is -0.0820. The molecule has 14 heavy (non-hydrogen) atoms. The van der Waals surface area contributed by atoms with E-state index in [2.05, 4.69) is 10.1 Å². The Kier molecular flexibility index (Phi) is 2.89. The first-order chi connectivity index (χ1) is 6.18. The summed E-state index contributed by atoms with van der Waals surface area (Å²) in [4.78, 5) is 14.0. The maximum Gasteiger partial charge on any atom is 1.00 e. The molecule has 0 fully saturated rings. The summed E-state index contributed by atoms with van der Waals surface area (Å²) in [6.07, 6.45) is 3.02. The molecule has 5 nitrogen and oxygen atoms in total. The van der Waals surface area contributed by atoms with Gasteiger partial charge in [-0.3, -0.25) is 0 Å². The molecule has 0 aliphatic carbocycles. The van der Waals surface area contributed by atoms with Crippen molar-refractivity contribution in [3.8, 4) is 0 Å². The minimum atomic E-state index is -1.38. The maximum absolute atomic E-state index is 12.6. The zero-order chi connectivity index (χ0) is 9.42. The van der Waals surface area contributed by atoms with Gasteiger partial charge < -0.3 is 9.90 Å². The molecule has 0 atom stereocenters. The van der Waals surface area contributed by atoms with Crippen LogP contribution in [0.15, 0.2) is 18.6 Å². The summed E-state index contributed by atoms with van der Waals surface area (Å²) in [5, 5.41) is 14.1. The van der Waals surface area contributed by atoms with Crippen molar-refractivity contribution in [1.29, 1.82) is 0 Å². The summed E-state index contributed by atoms with van der Waals surface area (Å²) in [5.74, 6) is -1.96. The summed E-state index contributed by atoms with van der Waals surface area (Å²) in [6.45, 7) is 0. The van der Waals surface area contributed by atoms with Gasteiger partial charge in [0.05, 0.1) is 30.1 Å². The van der Waals surface area contributed by atoms with Crippen LogP contribution in [0.1, 0.15) is 10.4 Å². The molecule has 0 amide bonds. The van der Waals surface area contributed by atoms with Gasteiger partial charge in [0.2, 0.25) is 0 Å². The standard InChI is InChI=1S/C7H4FN3O2.Li/c8-4-1-9-6-5(7(12)13)2-10-11(6)3-4;/h1-3H,(H,12,13);/q;+1/p-1. The molecule has 0 N–H and O–H groups in total. The number of carbonyl (C=O) groups excluding carboxylic acids is 1. The van der Waals surface area contributed by atoms with Crippen molar-refractivity contribution in [3.63, 3.8) is 0 Å². The third-order valence-electron chi connectivity index (χ3n) is 1.54. The third kappa shape index (κ3) is 1.62. The van der Waals surface area contributed by atoms with Gasteiger partial charge in [0.1, 0.15) is 0 Å². The minimum Gasteiger partial charge on any atom is -0.545 e. The van der Waals surface area contributed by atoms with Crippen LogP contribution in [-0.2, 0) is 0 Å². The number of carbonyl (C=O) groups is 1. The number of hydrogen-bond donors (Lipinski definition) is 0. The normalized spacial score (nSPS) is 9.79. The third-order valence-corrected chi connectivity index (χ3v) is 1.54. The van der Waals surface area contributed by atoms with Crippen molar-refractivity contribution in [2.24, 2.45) is 0 Å². The molecule has 2 rings (SSSR count). The second-order valence-corrected chi connectivity index (χ2v) is 2.39. The molecule has 0 spiro atoms. The van der Waals surface area contributed by atoms with Crippen molar-refractivity contribution in [3.05, 3.63) is 30.0 Å². The van der Waals surface area contributed by atoms with E-state index >= 15 is 0 Å². The van der Waals surface area contributed by atoms with Crippen LogP contribution in [0.2, 0.25) is 0 Å². The number of fused-ring (bicyclic) bond motifs is 1. The van der Waals surface area contributed by atoms with Crippen LogP contribution in [-0.4, -0.2) is 20.6 Å². The molecule has 0 aromatic carbocycles. The number of rotatable bonds is 1. The molecule has 0 saturated heterocycles. The molecule has 0 radical (unpaired) electrons. The van der Waals surface area contributed by atoms with E-state index in [0.717, 1.165) is 23.1 Å². The van der Waals surface area contributed by atoms with Crippen molar-refractivity contribution < 1.29 is 33.2 Å². The molecule has 0 unspecified atom stereocenters. The van der Waals surface area contributed by atoms with E-state index in [9.17, 15) is 14.3 Å². The van der Waals surface area contributed by atoms with Gasteiger partial charge in [-0.05, 0) is 0 Å². The molecule has 7 heteroatoms. The second kappa shape index (κ2) is 3.78. The monoisotopic (exact) mass is 187 g/mol. The fraction of sp³-hybridized carbons (Fsp3) is 0. The van der Waals surface area contributed by atoms with Gasteiger partial charge in [0.15, 0.2) is 11.5 Å². The fourth-order valence-corrected chi connectivity index (χ4v) is 0.996. The van der Waals surface area contributed by atoms with Crippen molar-refractivity contribution >= 4 is 11.6 Å². The van der Waals surface area contributed by atoms with E-state index in [1.54, 1.807) is 0 Å². The number of aromatic nitrogens is 3. The fourth-order valence-electron chi connectivity index (χ4n) is 0.996. The quantitative estimate of drug-likeness (QED) is 0.430. The van der Waals surface area contributed by atoms with E-state index < -0.39 is 11.8 Å². The van der Waals surface area contributed by atoms with E-state index in [1.165, 1.54) is 0 Å². The van der Waals surface area contributed by atoms with Gasteiger partial charge in [0, 0.05) is 0 Å². The number of halogens is 1. The smallest absolute Gasteiger partial charge is 0.545 e. The van der Waals surface area contributed by atoms with E-state index in [-0.39, 0.29) is 30.1 Å². The zero-order valence-corrected chi connectivity index (χ0v) is 7.27. The van der Waals surface area contributed by atoms with Gasteiger partial charge in [-0.15, -0.1) is 0 Å². The van der Waals surface area contributed by atoms with Crippen LogP contribution in [0.3, 0.4) is 0 Å². The van der Waals surface area contributed by atoms with Crippen LogP contribution >= 0.6 is 0 Å². The first-order valence-corrected chi connectivity index (χ1v) is 3.39. The molecule has 0 aliphatic rings. The Labute approximate surface area is 89.7 Å². The Morgan fingerprint density at radius 1 is 1.50 bits per heavy atom. The number of hydrogen-bond acceptors (Lipinski definition) is 4. The predicted octanol–water partition coefficient (Wildman–Crippen LogP) is -3.76. The predicted molar refractivity (Wildman–Crippen MR) is 37.3 cm³/mol. The molecule has 2 aromatic heterocycles. The largest absolute Gasteiger partial charge is 1.00 e. The Hall–Kier alpha value is -1.38. The van der Waals surface area contributed by atoms with Gasteiger partial charge in [-0.2, -0.15) is 5.10 Å². The van der Waals surface area contributed by atoms with Gasteiger partial charge in [0.25, 0.3) is 0 Å². The number of aromatic carboxylic acids is 1. The maximum atomic E-state index is 12.6. The van der Waals surface area contributed by atoms with Crippen LogP contribution in [0, 0.1) is 5.82 Å². The summed E-state index contributed by atoms with van der Waals surface area (Å²) >= 11 is 0. The number of carboxylic acids is 1. The number of carboxylic acid groups (broad SMARTS) is 1. The number of nitrogens with zero attached hydrogens (tertiary/aromatic N) is 3. The van der Waals surface area contributed by atoms with Crippen LogP contribution in [0.25, 0.3) is 5.65 Å². The van der Waals surface area contributed by atoms with Gasteiger partial charge >= 0.3 is 18.9 Å². The molecule has 0 saturated carbocycles. The molecule has 0 bridgehead atoms. The van der Waals surface area contributed by atoms with Crippen LogP contribution < -0.4 is 24.0 Å². The van der Waals surface area contributed by atoms with Crippen LogP contribution in [0.5, 0.6) is 0 Å². The van der Waals surface area contributed by atoms with Crippen molar-refractivity contribution in [1.82, 2.24) is 14.6 Å². The van der Waals surface area contributed by atoms with Crippen molar-refractivity contribution in [2.75, 3.05) is 0 Å². The minimum absolute atomic E-state index is 0. The Morgan fingerprint density at radius 3 is 2.86 bits per heavy atom. The van der Waals surface area contributed by atoms with E-state index in [1.807, 2.05) is 0 Å². The van der Waals surface area contributed by atoms with Gasteiger partial charge in [-0.25, -0.2) is 13.9 Å². The SMILES string of the molecule is O=C([O-])c1cnn2cc(F)cnc12.[Li+]. The van der Waals surface area contributed by atoms with E-state index in [4.69, 9.17) is 0 Å². The first kappa shape index (κ1) is 10.7. The molecule has 2 aromatic rings. The molecule has 2 heterocycles. The second-order valence-electron chi connectivity index (χ2n) is 2.39. The van der Waals surface area contributed by atoms with Crippen LogP contribution in [0.4, 0.5) is 4.39 Å². The Balaban J connectivity index is 0.000000980. The molecule has 0 aliphatic heterocycles. The molecule has 66 valence electrons. The topological polar surface area (TPSA) is 70.3 Å². The average Bonchev–Trinajstić information content (AvgIpc) is 2.46. The van der Waals surface area contributed by atoms with Crippen molar-refractivity contribution in [2.45, 2.75) is 0 Å². The van der Waals surface area contributed by atoms with E-state index in [0.29, 0.717) is 0 Å². The Morgan fingerprint density at radius 2 is 2.21 bits per heavy atom. The zero-order valence-electron chi connectivity index (χ0n) is 7.27. The average molecular weight is 187 g/mol. The summed E-state index contributed by atoms with van der Waals surface area (Å²) < 4.78 is 13.6. The summed E-state index contributed by atoms with van der Waals surface area (Å²) in [6, 6.07) is 0. The summed E-state index contributed by atoms with van der Waals surface area (Å²) in [7, 11) is 0. The molecular weight excluding hydrogens is 184 g/mol. The first-order valence-electron chi connectivity index (χ1n) is 3.39. The van der Waals surface area contributed by atoms with Gasteiger partial charge in [-0.1, -0.05) is 0 Å². The Bertz CT molecular complexity index is 485.